The molecule has 0 spiro atoms. The van der Waals surface area contributed by atoms with Gasteiger partial charge in [-0.25, -0.2) is 18.3 Å². The molecule has 2 aliphatic rings. The van der Waals surface area contributed by atoms with Gasteiger partial charge >= 0.3 is 6.08 Å². The zero-order valence-corrected chi connectivity index (χ0v) is 20.8. The lowest BCUT2D eigenvalue weighted by molar-refractivity contribution is 0.0947. The molecular weight excluding hydrogens is 498 g/mol. The Labute approximate surface area is 216 Å². The van der Waals surface area contributed by atoms with Gasteiger partial charge in [-0.3, -0.25) is 4.79 Å². The number of fused-ring (bicyclic) bond motifs is 1. The van der Waals surface area contributed by atoms with Crippen LogP contribution < -0.4 is 20.7 Å². The van der Waals surface area contributed by atoms with Gasteiger partial charge in [-0.2, -0.15) is 5.10 Å². The van der Waals surface area contributed by atoms with Gasteiger partial charge < -0.3 is 25.1 Å². The van der Waals surface area contributed by atoms with E-state index in [1.165, 1.54) is 6.33 Å². The van der Waals surface area contributed by atoms with E-state index in [1.807, 2.05) is 13.8 Å². The zero-order valence-electron chi connectivity index (χ0n) is 20.8. The number of nitrogens with zero attached hydrogens (tertiary/aromatic N) is 5. The minimum Gasteiger partial charge on any atom is -0.444 e. The van der Waals surface area contributed by atoms with Crippen LogP contribution in [0.2, 0.25) is 0 Å². The number of anilines is 2. The molecule has 3 N–H and O–H groups in total. The minimum atomic E-state index is -0.935. The van der Waals surface area contributed by atoms with Crippen LogP contribution >= 0.6 is 0 Å². The fourth-order valence-electron chi connectivity index (χ4n) is 4.56. The number of amides is 1. The Kier molecular flexibility index (Phi) is 6.14. The van der Waals surface area contributed by atoms with E-state index in [9.17, 15) is 13.6 Å². The van der Waals surface area contributed by atoms with Crippen molar-refractivity contribution in [1.82, 2.24) is 35.4 Å². The third-order valence-corrected chi connectivity index (χ3v) is 6.58. The van der Waals surface area contributed by atoms with Crippen molar-refractivity contribution in [3.05, 3.63) is 47.4 Å². The lowest BCUT2D eigenvalue weighted by Crippen LogP contribution is -2.26. The third-order valence-electron chi connectivity index (χ3n) is 6.58. The molecule has 6 rings (SSSR count). The average molecular weight is 525 g/mol. The molecule has 1 amide bonds. The lowest BCUT2D eigenvalue weighted by Gasteiger charge is -2.13. The number of hydrogen-bond donors (Lipinski definition) is 3. The van der Waals surface area contributed by atoms with Gasteiger partial charge in [0.1, 0.15) is 29.6 Å². The molecule has 1 saturated carbocycles. The van der Waals surface area contributed by atoms with Crippen molar-refractivity contribution in [3.63, 3.8) is 0 Å². The summed E-state index contributed by atoms with van der Waals surface area (Å²) in [6.07, 6.45) is 5.61. The summed E-state index contributed by atoms with van der Waals surface area (Å²) >= 11 is 0. The summed E-state index contributed by atoms with van der Waals surface area (Å²) in [5, 5.41) is 21.4. The van der Waals surface area contributed by atoms with E-state index in [-0.39, 0.29) is 47.1 Å². The molecule has 0 radical (unpaired) electrons. The van der Waals surface area contributed by atoms with Crippen molar-refractivity contribution in [3.8, 4) is 17.5 Å². The summed E-state index contributed by atoms with van der Waals surface area (Å²) in [7, 11) is 0. The molecule has 0 bridgehead atoms. The fourth-order valence-corrected chi connectivity index (χ4v) is 4.56. The Bertz CT molecular complexity index is 1510. The fraction of sp³-hybridized carbons (Fsp3) is 0.400. The molecule has 13 heteroatoms. The molecule has 1 atom stereocenters. The molecule has 1 aliphatic heterocycles. The molecule has 3 aromatic heterocycles. The Hall–Kier alpha value is -4.13. The predicted octanol–water partition coefficient (Wildman–Crippen LogP) is 3.56. The maximum atomic E-state index is 14.8. The second-order valence-corrected chi connectivity index (χ2v) is 9.80. The highest BCUT2D eigenvalue weighted by atomic mass is 19.1. The van der Waals surface area contributed by atoms with Crippen LogP contribution in [-0.2, 0) is 0 Å². The van der Waals surface area contributed by atoms with Crippen LogP contribution in [0, 0.1) is 11.6 Å². The number of benzene rings is 1. The molecule has 38 heavy (non-hydrogen) atoms. The number of ether oxygens (including phenoxy) is 1. The second kappa shape index (κ2) is 9.63. The first-order valence-corrected chi connectivity index (χ1v) is 12.5. The Morgan fingerprint density at radius 1 is 1.21 bits per heavy atom. The zero-order chi connectivity index (χ0) is 26.4. The van der Waals surface area contributed by atoms with Crippen LogP contribution in [0.15, 0.2) is 29.1 Å². The molecule has 1 aliphatic carbocycles. The van der Waals surface area contributed by atoms with Crippen molar-refractivity contribution < 1.29 is 22.7 Å². The smallest absolute Gasteiger partial charge is 0.415 e. The highest BCUT2D eigenvalue weighted by Gasteiger charge is 2.28. The van der Waals surface area contributed by atoms with E-state index in [1.54, 1.807) is 10.7 Å². The standard InChI is InChI=1S/C25H26F2N8O3/c1-12(2)20-16(24-33-34-25(38-24)37-14-5-6-28-9-14)10-35-21(20)22(29-11-30-35)32-19-7-15(17(26)8-18(19)27)23(36)31-13-3-4-13/h7-8,10-14,28H,3-6,9H2,1-2H3,(H,31,36)(H,29,30,32). The lowest BCUT2D eigenvalue weighted by atomic mass is 10.00. The Morgan fingerprint density at radius 2 is 2.05 bits per heavy atom. The van der Waals surface area contributed by atoms with Gasteiger partial charge in [-0.15, -0.1) is 5.10 Å². The third kappa shape index (κ3) is 4.64. The number of nitrogens with one attached hydrogen (secondary N) is 3. The number of hydrogen-bond acceptors (Lipinski definition) is 9. The van der Waals surface area contributed by atoms with Gasteiger partial charge in [0.25, 0.3) is 11.8 Å². The summed E-state index contributed by atoms with van der Waals surface area (Å²) in [4.78, 5) is 16.8. The average Bonchev–Trinajstić information content (AvgIpc) is 3.26. The molecule has 1 aromatic carbocycles. The summed E-state index contributed by atoms with van der Waals surface area (Å²) in [6, 6.07) is 1.87. The predicted molar refractivity (Wildman–Crippen MR) is 132 cm³/mol. The van der Waals surface area contributed by atoms with Crippen LogP contribution in [0.25, 0.3) is 17.0 Å². The van der Waals surface area contributed by atoms with E-state index in [0.29, 0.717) is 23.7 Å². The summed E-state index contributed by atoms with van der Waals surface area (Å²) in [6.45, 7) is 5.53. The molecule has 2 fully saturated rings. The SMILES string of the molecule is CC(C)c1c(-c2nnc(OC3CCNC3)o2)cn2ncnc(Nc3cc(C(=O)NC4CC4)c(F)cc3F)c12. The Morgan fingerprint density at radius 3 is 2.79 bits per heavy atom. The molecule has 4 heterocycles. The van der Waals surface area contributed by atoms with Crippen LogP contribution in [0.5, 0.6) is 6.08 Å². The molecule has 11 nitrogen and oxygen atoms in total. The highest BCUT2D eigenvalue weighted by Crippen LogP contribution is 2.37. The molecule has 4 aromatic rings. The largest absolute Gasteiger partial charge is 0.444 e. The van der Waals surface area contributed by atoms with E-state index >= 15 is 0 Å². The van der Waals surface area contributed by atoms with Crippen LogP contribution in [0.1, 0.15) is 54.9 Å². The quantitative estimate of drug-likeness (QED) is 0.317. The van der Waals surface area contributed by atoms with Crippen LogP contribution in [-0.4, -0.2) is 55.9 Å². The van der Waals surface area contributed by atoms with Crippen molar-refractivity contribution in [2.75, 3.05) is 18.4 Å². The normalized spacial score (nSPS) is 17.3. The second-order valence-electron chi connectivity index (χ2n) is 9.80. The van der Waals surface area contributed by atoms with E-state index in [4.69, 9.17) is 9.15 Å². The number of aromatic nitrogens is 5. The Balaban J connectivity index is 1.36. The van der Waals surface area contributed by atoms with E-state index < -0.39 is 17.5 Å². The van der Waals surface area contributed by atoms with Crippen molar-refractivity contribution in [2.45, 2.75) is 51.2 Å². The first-order valence-electron chi connectivity index (χ1n) is 12.5. The minimum absolute atomic E-state index is 0.0306. The van der Waals surface area contributed by atoms with Crippen LogP contribution in [0.3, 0.4) is 0 Å². The highest BCUT2D eigenvalue weighted by molar-refractivity contribution is 5.96. The molecule has 1 unspecified atom stereocenters. The van der Waals surface area contributed by atoms with Crippen molar-refractivity contribution in [1.29, 1.82) is 0 Å². The number of carbonyl (C=O) groups excluding carboxylic acids is 1. The van der Waals surface area contributed by atoms with Gasteiger partial charge in [0.2, 0.25) is 0 Å². The first-order chi connectivity index (χ1) is 18.4. The summed E-state index contributed by atoms with van der Waals surface area (Å²) in [5.74, 6) is -1.92. The molecule has 1 saturated heterocycles. The van der Waals surface area contributed by atoms with Gasteiger partial charge in [0, 0.05) is 24.8 Å². The molecular formula is C25H26F2N8O3. The number of carbonyl (C=O) groups is 1. The monoisotopic (exact) mass is 524 g/mol. The number of rotatable bonds is 8. The van der Waals surface area contributed by atoms with Crippen molar-refractivity contribution in [2.24, 2.45) is 0 Å². The summed E-state index contributed by atoms with van der Waals surface area (Å²) < 4.78 is 42.4. The number of halogens is 2. The molecule has 198 valence electrons. The van der Waals surface area contributed by atoms with Gasteiger partial charge in [-0.1, -0.05) is 18.9 Å². The van der Waals surface area contributed by atoms with Gasteiger partial charge in [-0.05, 0) is 43.4 Å². The summed E-state index contributed by atoms with van der Waals surface area (Å²) in [5.41, 5.74) is 1.61. The van der Waals surface area contributed by atoms with E-state index in [0.717, 1.165) is 37.4 Å². The maximum Gasteiger partial charge on any atom is 0.415 e. The topological polar surface area (TPSA) is 132 Å². The van der Waals surface area contributed by atoms with Crippen molar-refractivity contribution >= 4 is 22.9 Å². The van der Waals surface area contributed by atoms with Crippen LogP contribution in [0.4, 0.5) is 20.3 Å². The van der Waals surface area contributed by atoms with Gasteiger partial charge in [0.15, 0.2) is 5.82 Å². The maximum absolute atomic E-state index is 14.8. The van der Waals surface area contributed by atoms with E-state index in [2.05, 4.69) is 36.2 Å². The van der Waals surface area contributed by atoms with Gasteiger partial charge in [0.05, 0.1) is 16.8 Å². The first kappa shape index (κ1) is 24.2.